The number of hydrogen-bond donors (Lipinski definition) is 1. The zero-order chi connectivity index (χ0) is 22.5. The Morgan fingerprint density at radius 1 is 1.16 bits per heavy atom. The SMILES string of the molecule is CCc1ccc(O[C@@H](C)c2nnc(SCC(=O)Nc3ccc(Br)c(C)c3C)n2C)cc1. The summed E-state index contributed by atoms with van der Waals surface area (Å²) in [6.45, 7) is 8.08. The summed E-state index contributed by atoms with van der Waals surface area (Å²) in [5, 5.41) is 12.2. The number of ether oxygens (including phenoxy) is 1. The zero-order valence-electron chi connectivity index (χ0n) is 18.4. The van der Waals surface area contributed by atoms with Crippen LogP contribution in [0.4, 0.5) is 5.69 Å². The normalized spacial score (nSPS) is 11.9. The number of thioether (sulfide) groups is 1. The molecule has 0 bridgehead atoms. The van der Waals surface area contributed by atoms with Gasteiger partial charge < -0.3 is 14.6 Å². The summed E-state index contributed by atoms with van der Waals surface area (Å²) >= 11 is 4.86. The predicted octanol–water partition coefficient (Wildman–Crippen LogP) is 5.63. The number of aryl methyl sites for hydroxylation is 1. The minimum atomic E-state index is -0.262. The first-order chi connectivity index (χ1) is 14.8. The lowest BCUT2D eigenvalue weighted by atomic mass is 10.1. The summed E-state index contributed by atoms with van der Waals surface area (Å²) in [6.07, 6.45) is 0.732. The summed E-state index contributed by atoms with van der Waals surface area (Å²) in [6, 6.07) is 11.9. The van der Waals surface area contributed by atoms with Gasteiger partial charge in [0.15, 0.2) is 17.1 Å². The number of carbonyl (C=O) groups excluding carboxylic acids is 1. The molecular formula is C23H27BrN4O2S. The van der Waals surface area contributed by atoms with Gasteiger partial charge in [-0.25, -0.2) is 0 Å². The lowest BCUT2D eigenvalue weighted by molar-refractivity contribution is -0.113. The lowest BCUT2D eigenvalue weighted by Gasteiger charge is -2.14. The Balaban J connectivity index is 1.59. The molecule has 0 spiro atoms. The van der Waals surface area contributed by atoms with Crippen LogP contribution < -0.4 is 10.1 Å². The molecule has 1 heterocycles. The highest BCUT2D eigenvalue weighted by molar-refractivity contribution is 9.10. The van der Waals surface area contributed by atoms with Crippen LogP contribution in [-0.2, 0) is 18.3 Å². The summed E-state index contributed by atoms with van der Waals surface area (Å²) in [7, 11) is 1.89. The molecule has 8 heteroatoms. The van der Waals surface area contributed by atoms with Gasteiger partial charge in [-0.05, 0) is 68.1 Å². The number of benzene rings is 2. The van der Waals surface area contributed by atoms with E-state index in [-0.39, 0.29) is 17.8 Å². The predicted molar refractivity (Wildman–Crippen MR) is 129 cm³/mol. The highest BCUT2D eigenvalue weighted by Gasteiger charge is 2.18. The molecular weight excluding hydrogens is 476 g/mol. The lowest BCUT2D eigenvalue weighted by Crippen LogP contribution is -2.16. The molecule has 1 atom stereocenters. The number of anilines is 1. The van der Waals surface area contributed by atoms with Gasteiger partial charge in [-0.2, -0.15) is 0 Å². The molecule has 0 fully saturated rings. The second kappa shape index (κ2) is 10.3. The summed E-state index contributed by atoms with van der Waals surface area (Å²) in [4.78, 5) is 12.5. The van der Waals surface area contributed by atoms with Crippen molar-refractivity contribution in [3.8, 4) is 5.75 Å². The third-order valence-corrected chi connectivity index (χ3v) is 7.08. The second-order valence-electron chi connectivity index (χ2n) is 7.34. The number of carbonyl (C=O) groups is 1. The molecule has 1 amide bonds. The van der Waals surface area contributed by atoms with Crippen molar-refractivity contribution in [3.63, 3.8) is 0 Å². The first kappa shape index (κ1) is 23.3. The number of halogens is 1. The Kier molecular flexibility index (Phi) is 7.78. The van der Waals surface area contributed by atoms with Gasteiger partial charge in [0, 0.05) is 17.2 Å². The topological polar surface area (TPSA) is 69.0 Å². The van der Waals surface area contributed by atoms with Crippen LogP contribution in [0.2, 0.25) is 0 Å². The summed E-state index contributed by atoms with van der Waals surface area (Å²) in [5.74, 6) is 1.66. The van der Waals surface area contributed by atoms with Gasteiger partial charge in [0.25, 0.3) is 0 Å². The monoisotopic (exact) mass is 502 g/mol. The van der Waals surface area contributed by atoms with Gasteiger partial charge in [0.1, 0.15) is 5.75 Å². The fourth-order valence-corrected chi connectivity index (χ4v) is 4.25. The molecule has 0 radical (unpaired) electrons. The van der Waals surface area contributed by atoms with Crippen LogP contribution in [0, 0.1) is 13.8 Å². The molecule has 3 aromatic rings. The van der Waals surface area contributed by atoms with Crippen molar-refractivity contribution < 1.29 is 9.53 Å². The Labute approximate surface area is 195 Å². The Hall–Kier alpha value is -2.32. The molecule has 0 aliphatic rings. The maximum atomic E-state index is 12.5. The third-order valence-electron chi connectivity index (χ3n) is 5.20. The summed E-state index contributed by atoms with van der Waals surface area (Å²) in [5.41, 5.74) is 4.25. The molecule has 1 N–H and O–H groups in total. The van der Waals surface area contributed by atoms with E-state index in [1.807, 2.05) is 56.7 Å². The van der Waals surface area contributed by atoms with Gasteiger partial charge in [0.05, 0.1) is 5.75 Å². The highest BCUT2D eigenvalue weighted by Crippen LogP contribution is 2.27. The van der Waals surface area contributed by atoms with Crippen molar-refractivity contribution in [1.29, 1.82) is 0 Å². The standard InChI is InChI=1S/C23H27BrN4O2S/c1-6-17-7-9-18(10-8-17)30-16(4)22-26-27-23(28(22)5)31-13-21(29)25-20-12-11-19(24)14(2)15(20)3/h7-12,16H,6,13H2,1-5H3,(H,25,29)/t16-/m0/s1. The van der Waals surface area contributed by atoms with Crippen LogP contribution in [0.5, 0.6) is 5.75 Å². The number of amides is 1. The van der Waals surface area contributed by atoms with E-state index >= 15 is 0 Å². The van der Waals surface area contributed by atoms with E-state index in [2.05, 4.69) is 50.5 Å². The number of aromatic nitrogens is 3. The Morgan fingerprint density at radius 2 is 1.87 bits per heavy atom. The van der Waals surface area contributed by atoms with E-state index in [1.165, 1.54) is 17.3 Å². The number of nitrogens with zero attached hydrogens (tertiary/aromatic N) is 3. The van der Waals surface area contributed by atoms with E-state index in [4.69, 9.17) is 4.74 Å². The van der Waals surface area contributed by atoms with Crippen molar-refractivity contribution >= 4 is 39.3 Å². The molecule has 2 aromatic carbocycles. The maximum absolute atomic E-state index is 12.5. The van der Waals surface area contributed by atoms with Crippen LogP contribution in [0.25, 0.3) is 0 Å². The van der Waals surface area contributed by atoms with Gasteiger partial charge in [-0.1, -0.05) is 46.7 Å². The van der Waals surface area contributed by atoms with Crippen LogP contribution in [0.1, 0.15) is 42.5 Å². The van der Waals surface area contributed by atoms with Crippen LogP contribution >= 0.6 is 27.7 Å². The minimum Gasteiger partial charge on any atom is -0.483 e. The third kappa shape index (κ3) is 5.68. The maximum Gasteiger partial charge on any atom is 0.234 e. The first-order valence-electron chi connectivity index (χ1n) is 10.1. The van der Waals surface area contributed by atoms with Gasteiger partial charge >= 0.3 is 0 Å². The van der Waals surface area contributed by atoms with Crippen molar-refractivity contribution in [3.05, 3.63) is 63.4 Å². The smallest absolute Gasteiger partial charge is 0.234 e. The van der Waals surface area contributed by atoms with E-state index < -0.39 is 0 Å². The first-order valence-corrected chi connectivity index (χ1v) is 11.9. The number of hydrogen-bond acceptors (Lipinski definition) is 5. The van der Waals surface area contributed by atoms with Crippen LogP contribution in [0.15, 0.2) is 46.0 Å². The van der Waals surface area contributed by atoms with Gasteiger partial charge in [-0.3, -0.25) is 4.79 Å². The average molecular weight is 503 g/mol. The minimum absolute atomic E-state index is 0.0836. The van der Waals surface area contributed by atoms with Crippen molar-refractivity contribution in [2.24, 2.45) is 7.05 Å². The van der Waals surface area contributed by atoms with E-state index in [9.17, 15) is 4.79 Å². The Bertz CT molecular complexity index is 1070. The van der Waals surface area contributed by atoms with Gasteiger partial charge in [0.2, 0.25) is 5.91 Å². The van der Waals surface area contributed by atoms with Crippen LogP contribution in [-0.4, -0.2) is 26.4 Å². The zero-order valence-corrected chi connectivity index (χ0v) is 20.8. The second-order valence-corrected chi connectivity index (χ2v) is 9.14. The number of rotatable bonds is 8. The average Bonchev–Trinajstić information content (AvgIpc) is 3.13. The molecule has 164 valence electrons. The van der Waals surface area contributed by atoms with Crippen molar-refractivity contribution in [2.75, 3.05) is 11.1 Å². The van der Waals surface area contributed by atoms with E-state index in [1.54, 1.807) is 0 Å². The fourth-order valence-electron chi connectivity index (χ4n) is 3.11. The highest BCUT2D eigenvalue weighted by atomic mass is 79.9. The molecule has 1 aromatic heterocycles. The molecule has 0 unspecified atom stereocenters. The van der Waals surface area contributed by atoms with Crippen LogP contribution in [0.3, 0.4) is 0 Å². The largest absolute Gasteiger partial charge is 0.483 e. The fraction of sp³-hybridized carbons (Fsp3) is 0.348. The quantitative estimate of drug-likeness (QED) is 0.404. The van der Waals surface area contributed by atoms with E-state index in [0.29, 0.717) is 11.0 Å². The van der Waals surface area contributed by atoms with Crippen molar-refractivity contribution in [1.82, 2.24) is 14.8 Å². The summed E-state index contributed by atoms with van der Waals surface area (Å²) < 4.78 is 8.92. The van der Waals surface area contributed by atoms with E-state index in [0.717, 1.165) is 33.5 Å². The number of nitrogens with one attached hydrogen (secondary N) is 1. The molecule has 3 rings (SSSR count). The molecule has 0 aliphatic carbocycles. The van der Waals surface area contributed by atoms with Crippen molar-refractivity contribution in [2.45, 2.75) is 45.4 Å². The Morgan fingerprint density at radius 3 is 2.55 bits per heavy atom. The molecule has 0 saturated heterocycles. The molecule has 6 nitrogen and oxygen atoms in total. The molecule has 31 heavy (non-hydrogen) atoms. The molecule has 0 aliphatic heterocycles. The molecule has 0 saturated carbocycles. The van der Waals surface area contributed by atoms with Gasteiger partial charge in [-0.15, -0.1) is 10.2 Å².